The molecule has 3 aromatic carbocycles. The highest BCUT2D eigenvalue weighted by atomic mass is 16.5. The molecule has 188 valence electrons. The summed E-state index contributed by atoms with van der Waals surface area (Å²) in [5.41, 5.74) is 7.51. The summed E-state index contributed by atoms with van der Waals surface area (Å²) in [5.74, 6) is 2.05. The molecule has 0 bridgehead atoms. The zero-order chi connectivity index (χ0) is 25.5. The zero-order valence-corrected chi connectivity index (χ0v) is 21.9. The van der Waals surface area contributed by atoms with Gasteiger partial charge in [-0.1, -0.05) is 42.0 Å². The number of carbonyl (C=O) groups excluding carboxylic acids is 1. The third kappa shape index (κ3) is 6.34. The molecule has 0 spiro atoms. The van der Waals surface area contributed by atoms with Crippen LogP contribution in [0, 0.1) is 27.7 Å². The number of hydrogen-bond acceptors (Lipinski definition) is 3. The minimum atomic E-state index is -0.00940. The Bertz CT molecular complexity index is 1340. The second-order valence-corrected chi connectivity index (χ2v) is 9.67. The number of nitrogens with zero attached hydrogens (tertiary/aromatic N) is 2. The molecule has 4 rings (SSSR count). The number of nitrogens with one attached hydrogen (secondary N) is 1. The van der Waals surface area contributed by atoms with E-state index < -0.39 is 0 Å². The molecular weight excluding hydrogens is 446 g/mol. The van der Waals surface area contributed by atoms with E-state index in [1.807, 2.05) is 38.1 Å². The topological polar surface area (TPSA) is 56.2 Å². The molecule has 1 heterocycles. The van der Waals surface area contributed by atoms with E-state index in [1.165, 1.54) is 22.2 Å². The first-order valence-corrected chi connectivity index (χ1v) is 12.9. The fraction of sp³-hybridized carbons (Fsp3) is 0.355. The number of aryl methyl sites for hydroxylation is 6. The van der Waals surface area contributed by atoms with Crippen molar-refractivity contribution in [2.24, 2.45) is 0 Å². The van der Waals surface area contributed by atoms with Gasteiger partial charge in [0.2, 0.25) is 0 Å². The van der Waals surface area contributed by atoms with Crippen molar-refractivity contribution in [1.29, 1.82) is 0 Å². The number of aromatic nitrogens is 2. The molecule has 0 saturated heterocycles. The minimum absolute atomic E-state index is 0.00940. The van der Waals surface area contributed by atoms with Gasteiger partial charge in [-0.2, -0.15) is 0 Å². The molecule has 1 aromatic heterocycles. The second-order valence-electron chi connectivity index (χ2n) is 9.67. The molecule has 4 aromatic rings. The molecule has 0 aliphatic heterocycles. The van der Waals surface area contributed by atoms with E-state index in [4.69, 9.17) is 9.72 Å². The van der Waals surface area contributed by atoms with Gasteiger partial charge in [0, 0.05) is 25.1 Å². The van der Waals surface area contributed by atoms with Crippen LogP contribution >= 0.6 is 0 Å². The number of carbonyl (C=O) groups is 1. The maximum absolute atomic E-state index is 12.6. The summed E-state index contributed by atoms with van der Waals surface area (Å²) in [6.07, 6.45) is 3.66. The first kappa shape index (κ1) is 25.5. The maximum Gasteiger partial charge on any atom is 0.251 e. The summed E-state index contributed by atoms with van der Waals surface area (Å²) in [6.45, 7) is 10.4. The summed E-state index contributed by atoms with van der Waals surface area (Å²) >= 11 is 0. The highest BCUT2D eigenvalue weighted by molar-refractivity contribution is 5.95. The third-order valence-electron chi connectivity index (χ3n) is 6.60. The van der Waals surface area contributed by atoms with Gasteiger partial charge in [0.15, 0.2) is 0 Å². The summed E-state index contributed by atoms with van der Waals surface area (Å²) in [6, 6.07) is 20.6. The number of ether oxygens (including phenoxy) is 1. The van der Waals surface area contributed by atoms with Gasteiger partial charge in [-0.15, -0.1) is 0 Å². The molecule has 0 aliphatic carbocycles. The maximum atomic E-state index is 12.6. The Hall–Kier alpha value is -3.60. The lowest BCUT2D eigenvalue weighted by Crippen LogP contribution is -2.25. The van der Waals surface area contributed by atoms with Crippen molar-refractivity contribution < 1.29 is 9.53 Å². The van der Waals surface area contributed by atoms with E-state index in [2.05, 4.69) is 60.1 Å². The van der Waals surface area contributed by atoms with Crippen molar-refractivity contribution in [3.63, 3.8) is 0 Å². The Kier molecular flexibility index (Phi) is 8.42. The molecule has 5 heteroatoms. The van der Waals surface area contributed by atoms with Gasteiger partial charge in [-0.3, -0.25) is 4.79 Å². The lowest BCUT2D eigenvalue weighted by atomic mass is 10.1. The Morgan fingerprint density at radius 3 is 2.50 bits per heavy atom. The van der Waals surface area contributed by atoms with E-state index in [9.17, 15) is 4.79 Å². The molecule has 0 fully saturated rings. The van der Waals surface area contributed by atoms with Crippen molar-refractivity contribution in [1.82, 2.24) is 14.9 Å². The van der Waals surface area contributed by atoms with Crippen molar-refractivity contribution in [2.75, 3.05) is 13.2 Å². The van der Waals surface area contributed by atoms with Gasteiger partial charge in [-0.25, -0.2) is 4.98 Å². The average Bonchev–Trinajstić information content (AvgIpc) is 3.21. The number of hydrogen-bond donors (Lipinski definition) is 1. The van der Waals surface area contributed by atoms with Gasteiger partial charge in [0.25, 0.3) is 5.91 Å². The highest BCUT2D eigenvalue weighted by Crippen LogP contribution is 2.21. The number of para-hydroxylation sites is 2. The normalized spacial score (nSPS) is 11.1. The van der Waals surface area contributed by atoms with E-state index in [1.54, 1.807) is 0 Å². The van der Waals surface area contributed by atoms with Crippen LogP contribution in [-0.4, -0.2) is 28.6 Å². The quantitative estimate of drug-likeness (QED) is 0.248. The Labute approximate surface area is 214 Å². The molecule has 0 radical (unpaired) electrons. The largest absolute Gasteiger partial charge is 0.493 e. The number of benzene rings is 3. The summed E-state index contributed by atoms with van der Waals surface area (Å²) in [4.78, 5) is 17.5. The standard InChI is InChI=1S/C31H37N3O2/c1-22-14-16-26(25(4)20-22)31(35)32-17-9-12-30-33-27-10-5-6-11-28(27)34(30)18-7-8-19-36-29-21-23(2)13-15-24(29)3/h5-6,10-11,13-16,20-21H,7-9,12,17-19H2,1-4H3,(H,32,35). The van der Waals surface area contributed by atoms with Crippen LogP contribution in [0.15, 0.2) is 60.7 Å². The van der Waals surface area contributed by atoms with E-state index in [0.717, 1.165) is 60.4 Å². The average molecular weight is 484 g/mol. The molecule has 0 unspecified atom stereocenters. The van der Waals surface area contributed by atoms with Gasteiger partial charge in [0.1, 0.15) is 11.6 Å². The van der Waals surface area contributed by atoms with E-state index >= 15 is 0 Å². The predicted molar refractivity (Wildman–Crippen MR) is 147 cm³/mol. The van der Waals surface area contributed by atoms with Gasteiger partial charge in [0.05, 0.1) is 17.6 Å². The predicted octanol–water partition coefficient (Wildman–Crippen LogP) is 6.49. The number of rotatable bonds is 11. The molecular formula is C31H37N3O2. The van der Waals surface area contributed by atoms with Crippen LogP contribution in [0.25, 0.3) is 11.0 Å². The molecule has 1 amide bonds. The van der Waals surface area contributed by atoms with Gasteiger partial charge in [-0.05, 0) is 87.9 Å². The van der Waals surface area contributed by atoms with Crippen LogP contribution in [0.4, 0.5) is 0 Å². The van der Waals surface area contributed by atoms with E-state index in [-0.39, 0.29) is 5.91 Å². The van der Waals surface area contributed by atoms with Crippen molar-refractivity contribution >= 4 is 16.9 Å². The van der Waals surface area contributed by atoms with Crippen molar-refractivity contribution in [2.45, 2.75) is 59.9 Å². The summed E-state index contributed by atoms with van der Waals surface area (Å²) in [5, 5.41) is 3.07. The molecule has 0 atom stereocenters. The Balaban J connectivity index is 1.31. The minimum Gasteiger partial charge on any atom is -0.493 e. The van der Waals surface area contributed by atoms with E-state index in [0.29, 0.717) is 13.2 Å². The number of amides is 1. The van der Waals surface area contributed by atoms with Crippen LogP contribution in [0.1, 0.15) is 57.7 Å². The van der Waals surface area contributed by atoms with Gasteiger partial charge >= 0.3 is 0 Å². The smallest absolute Gasteiger partial charge is 0.251 e. The Morgan fingerprint density at radius 2 is 1.67 bits per heavy atom. The molecule has 36 heavy (non-hydrogen) atoms. The molecule has 0 saturated carbocycles. The Morgan fingerprint density at radius 1 is 0.889 bits per heavy atom. The van der Waals surface area contributed by atoms with Crippen LogP contribution in [0.2, 0.25) is 0 Å². The van der Waals surface area contributed by atoms with Crippen molar-refractivity contribution in [3.8, 4) is 5.75 Å². The lowest BCUT2D eigenvalue weighted by Gasteiger charge is -2.12. The molecule has 5 nitrogen and oxygen atoms in total. The zero-order valence-electron chi connectivity index (χ0n) is 21.9. The van der Waals surface area contributed by atoms with Gasteiger partial charge < -0.3 is 14.6 Å². The van der Waals surface area contributed by atoms with Crippen LogP contribution < -0.4 is 10.1 Å². The molecule has 0 aliphatic rings. The van der Waals surface area contributed by atoms with Crippen LogP contribution in [0.5, 0.6) is 5.75 Å². The van der Waals surface area contributed by atoms with Crippen LogP contribution in [-0.2, 0) is 13.0 Å². The lowest BCUT2D eigenvalue weighted by molar-refractivity contribution is 0.0952. The highest BCUT2D eigenvalue weighted by Gasteiger charge is 2.12. The number of unbranched alkanes of at least 4 members (excludes halogenated alkanes) is 1. The van der Waals surface area contributed by atoms with Crippen LogP contribution in [0.3, 0.4) is 0 Å². The fourth-order valence-corrected chi connectivity index (χ4v) is 4.59. The first-order chi connectivity index (χ1) is 17.4. The monoisotopic (exact) mass is 483 g/mol. The summed E-state index contributed by atoms with van der Waals surface area (Å²) < 4.78 is 8.38. The SMILES string of the molecule is Cc1ccc(C(=O)NCCCc2nc3ccccc3n2CCCCOc2cc(C)ccc2C)c(C)c1. The fourth-order valence-electron chi connectivity index (χ4n) is 4.59. The van der Waals surface area contributed by atoms with Crippen molar-refractivity contribution in [3.05, 3.63) is 94.3 Å². The second kappa shape index (κ2) is 11.9. The number of fused-ring (bicyclic) bond motifs is 1. The summed E-state index contributed by atoms with van der Waals surface area (Å²) in [7, 11) is 0. The first-order valence-electron chi connectivity index (χ1n) is 12.9. The number of imidazole rings is 1. The molecule has 1 N–H and O–H groups in total. The third-order valence-corrected chi connectivity index (χ3v) is 6.60.